The number of halogens is 2. The van der Waals surface area contributed by atoms with Crippen molar-refractivity contribution in [3.8, 4) is 28.7 Å². The lowest BCUT2D eigenvalue weighted by Gasteiger charge is -2.27. The molecule has 1 N–H and O–H groups in total. The molecule has 0 spiro atoms. The Morgan fingerprint density at radius 1 is 0.875 bits per heavy atom. The van der Waals surface area contributed by atoms with Crippen LogP contribution in [-0.4, -0.2) is 63.3 Å². The fraction of sp³-hybridized carbons (Fsp3) is 0.314. The molecule has 1 amide bonds. The number of carbonyl (C=O) groups excluding carboxylic acids is 1. The van der Waals surface area contributed by atoms with Crippen molar-refractivity contribution < 1.29 is 37.3 Å². The van der Waals surface area contributed by atoms with Gasteiger partial charge in [-0.25, -0.2) is 13.7 Å². The van der Waals surface area contributed by atoms with Gasteiger partial charge in [0, 0.05) is 54.8 Å². The number of nitrogens with zero attached hydrogens (tertiary/aromatic N) is 3. The molecule has 2 heterocycles. The number of amides is 1. The number of benzene rings is 3. The number of hydrogen-bond acceptors (Lipinski definition) is 10. The molecule has 3 aromatic carbocycles. The first-order valence-electron chi connectivity index (χ1n) is 15.2. The molecule has 1 saturated heterocycles. The minimum absolute atomic E-state index is 0.223. The van der Waals surface area contributed by atoms with Crippen LogP contribution in [0.5, 0.6) is 28.7 Å². The summed E-state index contributed by atoms with van der Waals surface area (Å²) in [5, 5.41) is 3.63. The summed E-state index contributed by atoms with van der Waals surface area (Å²) in [6.45, 7) is 1.44. The second kappa shape index (κ2) is 15.9. The molecule has 5 rings (SSSR count). The van der Waals surface area contributed by atoms with Crippen LogP contribution in [0.25, 0.3) is 0 Å². The summed E-state index contributed by atoms with van der Waals surface area (Å²) < 4.78 is 57.8. The van der Waals surface area contributed by atoms with Crippen molar-refractivity contribution in [1.29, 1.82) is 0 Å². The molecule has 48 heavy (non-hydrogen) atoms. The quantitative estimate of drug-likeness (QED) is 0.145. The topological polar surface area (TPSA) is 94.6 Å². The van der Waals surface area contributed by atoms with Crippen LogP contribution in [-0.2, 0) is 17.9 Å². The van der Waals surface area contributed by atoms with Gasteiger partial charge >= 0.3 is 0 Å². The van der Waals surface area contributed by atoms with Crippen LogP contribution in [0.2, 0.25) is 0 Å². The minimum Gasteiger partial charge on any atom is -0.497 e. The molecule has 4 aromatic rings. The van der Waals surface area contributed by atoms with Crippen molar-refractivity contribution in [2.24, 2.45) is 0 Å². The lowest BCUT2D eigenvalue weighted by molar-refractivity contribution is -0.117. The maximum absolute atomic E-state index is 14.5. The van der Waals surface area contributed by atoms with Gasteiger partial charge in [-0.3, -0.25) is 4.79 Å². The van der Waals surface area contributed by atoms with Gasteiger partial charge in [0.2, 0.25) is 11.7 Å². The van der Waals surface area contributed by atoms with E-state index < -0.39 is 17.7 Å². The zero-order valence-electron chi connectivity index (χ0n) is 27.4. The van der Waals surface area contributed by atoms with E-state index in [1.807, 2.05) is 36.4 Å². The molecule has 0 radical (unpaired) electrons. The highest BCUT2D eigenvalue weighted by atomic mass is 32.2. The summed E-state index contributed by atoms with van der Waals surface area (Å²) in [5.41, 5.74) is 2.73. The number of anilines is 2. The predicted octanol–water partition coefficient (Wildman–Crippen LogP) is 6.72. The third-order valence-corrected chi connectivity index (χ3v) is 8.93. The van der Waals surface area contributed by atoms with Gasteiger partial charge in [-0.2, -0.15) is 4.39 Å². The van der Waals surface area contributed by atoms with E-state index >= 15 is 0 Å². The van der Waals surface area contributed by atoms with Crippen molar-refractivity contribution in [3.05, 3.63) is 89.6 Å². The Bertz CT molecular complexity index is 1690. The number of ether oxygens (including phenoxy) is 5. The summed E-state index contributed by atoms with van der Waals surface area (Å²) in [4.78, 5) is 19.9. The van der Waals surface area contributed by atoms with E-state index in [2.05, 4.69) is 14.6 Å². The van der Waals surface area contributed by atoms with E-state index in [9.17, 15) is 13.6 Å². The molecular formula is C35H38F2N4O6S. The predicted molar refractivity (Wildman–Crippen MR) is 180 cm³/mol. The standard InChI is InChI=1S/C35H38F2N4O6S/c1-43-25-10-8-22(30(18-25)45-3)20-40(21-23-9-11-26(44-2)19-31(23)46-4)48-32-17-24(14-15-38-32)39-35(42)29-7-6-16-41(29)28-13-12-27(36)33(37)34(28)47-5/h8-15,17-19,29H,6-7,16,20-21H2,1-5H3,(H,38,39,42). The van der Waals surface area contributed by atoms with Crippen molar-refractivity contribution in [2.75, 3.05) is 52.3 Å². The van der Waals surface area contributed by atoms with E-state index in [1.165, 1.54) is 25.1 Å². The average Bonchev–Trinajstić information content (AvgIpc) is 3.60. The van der Waals surface area contributed by atoms with Gasteiger partial charge in [0.05, 0.1) is 41.2 Å². The summed E-state index contributed by atoms with van der Waals surface area (Å²) in [5.74, 6) is 0.122. The number of hydrogen-bond donors (Lipinski definition) is 1. The molecule has 13 heteroatoms. The summed E-state index contributed by atoms with van der Waals surface area (Å²) in [6.07, 6.45) is 2.88. The number of carbonyl (C=O) groups is 1. The van der Waals surface area contributed by atoms with Crippen molar-refractivity contribution >= 4 is 29.2 Å². The van der Waals surface area contributed by atoms with Crippen molar-refractivity contribution in [1.82, 2.24) is 9.29 Å². The Morgan fingerprint density at radius 2 is 1.52 bits per heavy atom. The first kappa shape index (κ1) is 34.6. The molecule has 0 aliphatic carbocycles. The smallest absolute Gasteiger partial charge is 0.247 e. The highest BCUT2D eigenvalue weighted by Gasteiger charge is 2.34. The maximum atomic E-state index is 14.5. The van der Waals surface area contributed by atoms with Crippen molar-refractivity contribution in [2.45, 2.75) is 37.0 Å². The molecule has 254 valence electrons. The largest absolute Gasteiger partial charge is 0.497 e. The SMILES string of the molecule is COc1ccc(CN(Cc2ccc(OC)cc2OC)Sc2cc(NC(=O)C3CCCN3c3ccc(F)c(F)c3OC)ccn2)c(OC)c1. The Kier molecular flexibility index (Phi) is 11.5. The lowest BCUT2D eigenvalue weighted by Crippen LogP contribution is -2.40. The normalized spacial score (nSPS) is 14.2. The van der Waals surface area contributed by atoms with Crippen LogP contribution in [0, 0.1) is 11.6 Å². The zero-order chi connectivity index (χ0) is 34.2. The van der Waals surface area contributed by atoms with Gasteiger partial charge in [-0.1, -0.05) is 12.1 Å². The number of aromatic nitrogens is 1. The van der Waals surface area contributed by atoms with Crippen molar-refractivity contribution in [3.63, 3.8) is 0 Å². The molecule has 1 unspecified atom stereocenters. The fourth-order valence-corrected chi connectivity index (χ4v) is 6.59. The third kappa shape index (κ3) is 7.85. The van der Waals surface area contributed by atoms with Crippen LogP contribution >= 0.6 is 11.9 Å². The van der Waals surface area contributed by atoms with Crippen LogP contribution in [0.4, 0.5) is 20.2 Å². The zero-order valence-corrected chi connectivity index (χ0v) is 28.2. The number of rotatable bonds is 14. The van der Waals surface area contributed by atoms with E-state index in [1.54, 1.807) is 51.7 Å². The molecular weight excluding hydrogens is 642 g/mol. The van der Waals surface area contributed by atoms with Gasteiger partial charge in [-0.15, -0.1) is 0 Å². The number of methoxy groups -OCH3 is 5. The molecule has 0 bridgehead atoms. The van der Waals surface area contributed by atoms with Crippen LogP contribution in [0.3, 0.4) is 0 Å². The lowest BCUT2D eigenvalue weighted by atomic mass is 10.1. The Labute approximate surface area is 283 Å². The van der Waals surface area contributed by atoms with E-state index in [0.29, 0.717) is 71.9 Å². The van der Waals surface area contributed by atoms with E-state index in [4.69, 9.17) is 23.7 Å². The van der Waals surface area contributed by atoms with Gasteiger partial charge < -0.3 is 33.9 Å². The average molecular weight is 681 g/mol. The van der Waals surface area contributed by atoms with Gasteiger partial charge in [0.1, 0.15) is 34.1 Å². The molecule has 1 fully saturated rings. The maximum Gasteiger partial charge on any atom is 0.247 e. The highest BCUT2D eigenvalue weighted by molar-refractivity contribution is 7.96. The number of nitrogens with one attached hydrogen (secondary N) is 1. The van der Waals surface area contributed by atoms with Gasteiger partial charge in [0.15, 0.2) is 11.6 Å². The molecule has 10 nitrogen and oxygen atoms in total. The first-order valence-corrected chi connectivity index (χ1v) is 16.0. The Balaban J connectivity index is 1.38. The number of pyridine rings is 1. The van der Waals surface area contributed by atoms with E-state index in [-0.39, 0.29) is 11.7 Å². The molecule has 1 atom stereocenters. The molecule has 1 aromatic heterocycles. The van der Waals surface area contributed by atoms with Crippen LogP contribution in [0.1, 0.15) is 24.0 Å². The van der Waals surface area contributed by atoms with Gasteiger partial charge in [-0.05, 0) is 61.2 Å². The minimum atomic E-state index is -1.08. The summed E-state index contributed by atoms with van der Waals surface area (Å²) in [6, 6.07) is 16.7. The van der Waals surface area contributed by atoms with E-state index in [0.717, 1.165) is 17.2 Å². The Morgan fingerprint density at radius 3 is 2.10 bits per heavy atom. The molecule has 1 aliphatic heterocycles. The molecule has 1 aliphatic rings. The fourth-order valence-electron chi connectivity index (χ4n) is 5.63. The van der Waals surface area contributed by atoms with Crippen LogP contribution in [0.15, 0.2) is 71.9 Å². The summed E-state index contributed by atoms with van der Waals surface area (Å²) >= 11 is 1.41. The second-order valence-electron chi connectivity index (χ2n) is 10.9. The third-order valence-electron chi connectivity index (χ3n) is 8.01. The van der Waals surface area contributed by atoms with Gasteiger partial charge in [0.25, 0.3) is 0 Å². The monoisotopic (exact) mass is 680 g/mol. The first-order chi connectivity index (χ1) is 23.3. The van der Waals surface area contributed by atoms with Crippen LogP contribution < -0.4 is 33.9 Å². The second-order valence-corrected chi connectivity index (χ2v) is 12.0. The summed E-state index contributed by atoms with van der Waals surface area (Å²) in [7, 11) is 7.72. The highest BCUT2D eigenvalue weighted by Crippen LogP contribution is 2.38. The Hall–Kier alpha value is -4.75. The molecule has 0 saturated carbocycles.